The van der Waals surface area contributed by atoms with Crippen LogP contribution in [0.2, 0.25) is 0 Å². The number of aryl methyl sites for hydroxylation is 1. The van der Waals surface area contributed by atoms with E-state index in [1.807, 2.05) is 36.0 Å². The summed E-state index contributed by atoms with van der Waals surface area (Å²) in [6.45, 7) is 2.77. The first-order chi connectivity index (χ1) is 9.79. The first-order valence-electron chi connectivity index (χ1n) is 6.66. The van der Waals surface area contributed by atoms with Gasteiger partial charge in [-0.1, -0.05) is 12.1 Å². The van der Waals surface area contributed by atoms with Gasteiger partial charge >= 0.3 is 0 Å². The molecule has 1 aromatic carbocycles. The monoisotopic (exact) mass is 275 g/mol. The van der Waals surface area contributed by atoms with E-state index in [0.717, 1.165) is 24.5 Å². The maximum Gasteiger partial charge on any atom is 0.119 e. The van der Waals surface area contributed by atoms with Gasteiger partial charge in [-0.15, -0.1) is 0 Å². The Hall–Kier alpha value is -1.85. The second kappa shape index (κ2) is 7.67. The molecule has 2 rings (SSSR count). The lowest BCUT2D eigenvalue weighted by atomic mass is 10.2. The lowest BCUT2D eigenvalue weighted by Gasteiger charge is -2.09. The van der Waals surface area contributed by atoms with E-state index in [2.05, 4.69) is 16.4 Å². The quantitative estimate of drug-likeness (QED) is 0.745. The molecule has 0 aliphatic rings. The van der Waals surface area contributed by atoms with Crippen molar-refractivity contribution in [1.29, 1.82) is 0 Å². The predicted octanol–water partition coefficient (Wildman–Crippen LogP) is 1.74. The molecule has 0 saturated carbocycles. The molecule has 0 bridgehead atoms. The van der Waals surface area contributed by atoms with Crippen molar-refractivity contribution >= 4 is 0 Å². The number of nitrogens with zero attached hydrogens (tertiary/aromatic N) is 2. The Bertz CT molecular complexity index is 525. The van der Waals surface area contributed by atoms with Crippen LogP contribution in [0.3, 0.4) is 0 Å². The van der Waals surface area contributed by atoms with Crippen LogP contribution in [0.4, 0.5) is 0 Å². The third-order valence-corrected chi connectivity index (χ3v) is 3.01. The minimum absolute atomic E-state index is 0.572. The SMILES string of the molecule is COCCOc1cccc(CNCc2cncn2C)c1. The number of imidazole rings is 1. The highest BCUT2D eigenvalue weighted by Crippen LogP contribution is 2.13. The van der Waals surface area contributed by atoms with E-state index < -0.39 is 0 Å². The minimum atomic E-state index is 0.572. The number of ether oxygens (including phenoxy) is 2. The maximum absolute atomic E-state index is 5.59. The summed E-state index contributed by atoms with van der Waals surface area (Å²) in [5.41, 5.74) is 2.36. The van der Waals surface area contributed by atoms with Crippen LogP contribution in [0, 0.1) is 0 Å². The summed E-state index contributed by atoms with van der Waals surface area (Å²) in [7, 11) is 3.66. The van der Waals surface area contributed by atoms with Crippen LogP contribution >= 0.6 is 0 Å². The highest BCUT2D eigenvalue weighted by atomic mass is 16.5. The van der Waals surface area contributed by atoms with Crippen molar-refractivity contribution in [2.45, 2.75) is 13.1 Å². The second-order valence-electron chi connectivity index (χ2n) is 4.59. The summed E-state index contributed by atoms with van der Waals surface area (Å²) in [6, 6.07) is 8.09. The molecule has 0 aliphatic heterocycles. The van der Waals surface area contributed by atoms with Crippen molar-refractivity contribution in [2.75, 3.05) is 20.3 Å². The zero-order chi connectivity index (χ0) is 14.2. The van der Waals surface area contributed by atoms with Gasteiger partial charge in [-0.3, -0.25) is 0 Å². The van der Waals surface area contributed by atoms with Crippen molar-refractivity contribution in [3.8, 4) is 5.75 Å². The molecule has 0 saturated heterocycles. The molecule has 20 heavy (non-hydrogen) atoms. The number of nitrogens with one attached hydrogen (secondary N) is 1. The van der Waals surface area contributed by atoms with E-state index >= 15 is 0 Å². The van der Waals surface area contributed by atoms with Crippen LogP contribution in [0.5, 0.6) is 5.75 Å². The summed E-state index contributed by atoms with van der Waals surface area (Å²) in [6.07, 6.45) is 3.68. The molecule has 0 amide bonds. The molecule has 108 valence electrons. The normalized spacial score (nSPS) is 10.7. The minimum Gasteiger partial charge on any atom is -0.491 e. The van der Waals surface area contributed by atoms with E-state index in [9.17, 15) is 0 Å². The van der Waals surface area contributed by atoms with Gasteiger partial charge in [-0.2, -0.15) is 0 Å². The Balaban J connectivity index is 1.80. The lowest BCUT2D eigenvalue weighted by Crippen LogP contribution is -2.14. The molecule has 1 heterocycles. The van der Waals surface area contributed by atoms with Crippen molar-refractivity contribution in [3.05, 3.63) is 48.0 Å². The first-order valence-corrected chi connectivity index (χ1v) is 6.66. The number of benzene rings is 1. The summed E-state index contributed by atoms with van der Waals surface area (Å²) in [5.74, 6) is 0.877. The van der Waals surface area contributed by atoms with Gasteiger partial charge in [0.15, 0.2) is 0 Å². The van der Waals surface area contributed by atoms with Crippen LogP contribution in [-0.4, -0.2) is 29.9 Å². The first kappa shape index (κ1) is 14.6. The van der Waals surface area contributed by atoms with E-state index in [-0.39, 0.29) is 0 Å². The summed E-state index contributed by atoms with van der Waals surface area (Å²) >= 11 is 0. The van der Waals surface area contributed by atoms with E-state index in [1.54, 1.807) is 13.4 Å². The Kier molecular flexibility index (Phi) is 5.58. The molecule has 0 atom stereocenters. The average Bonchev–Trinajstić information content (AvgIpc) is 2.85. The van der Waals surface area contributed by atoms with Crippen molar-refractivity contribution in [2.24, 2.45) is 7.05 Å². The summed E-state index contributed by atoms with van der Waals surface area (Å²) in [4.78, 5) is 4.09. The smallest absolute Gasteiger partial charge is 0.119 e. The molecule has 1 aromatic heterocycles. The zero-order valence-electron chi connectivity index (χ0n) is 12.0. The number of rotatable bonds is 8. The Morgan fingerprint density at radius 2 is 2.15 bits per heavy atom. The van der Waals surface area contributed by atoms with Gasteiger partial charge in [0.25, 0.3) is 0 Å². The Labute approximate surface area is 119 Å². The number of aromatic nitrogens is 2. The molecular weight excluding hydrogens is 254 g/mol. The van der Waals surface area contributed by atoms with Gasteiger partial charge in [0.1, 0.15) is 12.4 Å². The highest BCUT2D eigenvalue weighted by Gasteiger charge is 2.00. The fraction of sp³-hybridized carbons (Fsp3) is 0.400. The van der Waals surface area contributed by atoms with Crippen LogP contribution in [0.1, 0.15) is 11.3 Å². The average molecular weight is 275 g/mol. The van der Waals surface area contributed by atoms with Gasteiger partial charge in [-0.05, 0) is 17.7 Å². The largest absolute Gasteiger partial charge is 0.491 e. The van der Waals surface area contributed by atoms with Gasteiger partial charge in [0.05, 0.1) is 18.6 Å². The zero-order valence-corrected chi connectivity index (χ0v) is 12.0. The van der Waals surface area contributed by atoms with E-state index in [1.165, 1.54) is 5.56 Å². The molecule has 0 fully saturated rings. The molecule has 0 spiro atoms. The maximum atomic E-state index is 5.59. The molecule has 5 heteroatoms. The molecule has 2 aromatic rings. The van der Waals surface area contributed by atoms with Crippen LogP contribution in [0.15, 0.2) is 36.8 Å². The second-order valence-corrected chi connectivity index (χ2v) is 4.59. The molecule has 5 nitrogen and oxygen atoms in total. The molecule has 0 radical (unpaired) electrons. The Morgan fingerprint density at radius 3 is 2.90 bits per heavy atom. The highest BCUT2D eigenvalue weighted by molar-refractivity contribution is 5.28. The lowest BCUT2D eigenvalue weighted by molar-refractivity contribution is 0.146. The molecule has 0 aliphatic carbocycles. The van der Waals surface area contributed by atoms with Crippen LogP contribution in [-0.2, 0) is 24.9 Å². The van der Waals surface area contributed by atoms with Gasteiger partial charge < -0.3 is 19.4 Å². The van der Waals surface area contributed by atoms with Gasteiger partial charge in [-0.25, -0.2) is 4.98 Å². The van der Waals surface area contributed by atoms with Gasteiger partial charge in [0, 0.05) is 33.4 Å². The Morgan fingerprint density at radius 1 is 1.25 bits per heavy atom. The number of hydrogen-bond acceptors (Lipinski definition) is 4. The molecule has 1 N–H and O–H groups in total. The standard InChI is InChI=1S/C15H21N3O2/c1-18-12-17-11-14(18)10-16-9-13-4-3-5-15(8-13)20-7-6-19-2/h3-5,8,11-12,16H,6-7,9-10H2,1-2H3. The third-order valence-electron chi connectivity index (χ3n) is 3.01. The third kappa shape index (κ3) is 4.36. The summed E-state index contributed by atoms with van der Waals surface area (Å²) in [5, 5.41) is 3.40. The fourth-order valence-corrected chi connectivity index (χ4v) is 1.88. The van der Waals surface area contributed by atoms with E-state index in [4.69, 9.17) is 9.47 Å². The van der Waals surface area contributed by atoms with Crippen LogP contribution < -0.4 is 10.1 Å². The van der Waals surface area contributed by atoms with Crippen molar-refractivity contribution in [1.82, 2.24) is 14.9 Å². The predicted molar refractivity (Wildman–Crippen MR) is 77.6 cm³/mol. The van der Waals surface area contributed by atoms with Crippen LogP contribution in [0.25, 0.3) is 0 Å². The fourth-order valence-electron chi connectivity index (χ4n) is 1.88. The molecule has 0 unspecified atom stereocenters. The van der Waals surface area contributed by atoms with Crippen molar-refractivity contribution in [3.63, 3.8) is 0 Å². The topological polar surface area (TPSA) is 48.3 Å². The van der Waals surface area contributed by atoms with Gasteiger partial charge in [0.2, 0.25) is 0 Å². The summed E-state index contributed by atoms with van der Waals surface area (Å²) < 4.78 is 12.6. The van der Waals surface area contributed by atoms with Crippen molar-refractivity contribution < 1.29 is 9.47 Å². The number of hydrogen-bond donors (Lipinski definition) is 1. The van der Waals surface area contributed by atoms with E-state index in [0.29, 0.717) is 13.2 Å². The molecular formula is C15H21N3O2. The number of methoxy groups -OCH3 is 1.